The van der Waals surface area contributed by atoms with Gasteiger partial charge in [-0.2, -0.15) is 0 Å². The van der Waals surface area contributed by atoms with E-state index in [0.717, 1.165) is 17.7 Å². The quantitative estimate of drug-likeness (QED) is 0.788. The summed E-state index contributed by atoms with van der Waals surface area (Å²) in [5.74, 6) is 0.850. The minimum Gasteiger partial charge on any atom is -0.497 e. The number of rotatable bonds is 8. The van der Waals surface area contributed by atoms with Gasteiger partial charge in [0.05, 0.1) is 25.4 Å². The zero-order chi connectivity index (χ0) is 17.6. The van der Waals surface area contributed by atoms with E-state index in [1.807, 2.05) is 63.2 Å². The first kappa shape index (κ1) is 18.5. The first-order chi connectivity index (χ1) is 11.4. The van der Waals surface area contributed by atoms with E-state index in [-0.39, 0.29) is 12.0 Å². The maximum Gasteiger partial charge on any atom is 0.118 e. The van der Waals surface area contributed by atoms with Crippen molar-refractivity contribution in [3.63, 3.8) is 0 Å². The molecular weight excluding hydrogens is 300 g/mol. The van der Waals surface area contributed by atoms with E-state index in [1.54, 1.807) is 7.11 Å². The van der Waals surface area contributed by atoms with Crippen LogP contribution in [0.15, 0.2) is 54.6 Å². The molecule has 0 aliphatic rings. The molecule has 0 bridgehead atoms. The molecule has 0 amide bonds. The molecule has 2 atom stereocenters. The summed E-state index contributed by atoms with van der Waals surface area (Å²) in [6.45, 7) is 6.27. The molecule has 0 spiro atoms. The lowest BCUT2D eigenvalue weighted by molar-refractivity contribution is -0.0746. The molecule has 0 fully saturated rings. The second kappa shape index (κ2) is 8.32. The Labute approximate surface area is 145 Å². The number of hydrogen-bond donors (Lipinski definition) is 1. The number of aliphatic hydroxyl groups is 1. The summed E-state index contributed by atoms with van der Waals surface area (Å²) in [6.07, 6.45) is 0.723. The SMILES string of the molecule is COc1ccc(COC(C)C(Cc2ccccc2)C(C)(C)O)cc1. The second-order valence-electron chi connectivity index (χ2n) is 6.81. The summed E-state index contributed by atoms with van der Waals surface area (Å²) in [7, 11) is 1.66. The van der Waals surface area contributed by atoms with Gasteiger partial charge in [0, 0.05) is 5.92 Å². The van der Waals surface area contributed by atoms with Gasteiger partial charge in [-0.15, -0.1) is 0 Å². The van der Waals surface area contributed by atoms with Crippen LogP contribution in [0.3, 0.4) is 0 Å². The van der Waals surface area contributed by atoms with Gasteiger partial charge in [-0.1, -0.05) is 42.5 Å². The highest BCUT2D eigenvalue weighted by atomic mass is 16.5. The largest absolute Gasteiger partial charge is 0.497 e. The van der Waals surface area contributed by atoms with Crippen LogP contribution >= 0.6 is 0 Å². The summed E-state index contributed by atoms with van der Waals surface area (Å²) in [5, 5.41) is 10.6. The average Bonchev–Trinajstić information content (AvgIpc) is 2.58. The Morgan fingerprint density at radius 1 is 0.958 bits per heavy atom. The molecular formula is C21H28O3. The van der Waals surface area contributed by atoms with E-state index >= 15 is 0 Å². The average molecular weight is 328 g/mol. The summed E-state index contributed by atoms with van der Waals surface area (Å²) < 4.78 is 11.2. The van der Waals surface area contributed by atoms with Crippen LogP contribution in [-0.4, -0.2) is 23.9 Å². The Kier molecular flexibility index (Phi) is 6.41. The Morgan fingerprint density at radius 3 is 2.12 bits per heavy atom. The molecule has 1 N–H and O–H groups in total. The summed E-state index contributed by atoms with van der Waals surface area (Å²) >= 11 is 0. The van der Waals surface area contributed by atoms with E-state index in [0.29, 0.717) is 6.61 Å². The third-order valence-corrected chi connectivity index (χ3v) is 4.44. The molecule has 24 heavy (non-hydrogen) atoms. The van der Waals surface area contributed by atoms with Crippen molar-refractivity contribution in [3.8, 4) is 5.75 Å². The molecule has 0 aliphatic heterocycles. The van der Waals surface area contributed by atoms with Crippen LogP contribution in [0.1, 0.15) is 31.9 Å². The second-order valence-corrected chi connectivity index (χ2v) is 6.81. The lowest BCUT2D eigenvalue weighted by atomic mass is 9.82. The van der Waals surface area contributed by atoms with E-state index < -0.39 is 5.60 Å². The zero-order valence-electron chi connectivity index (χ0n) is 15.0. The molecule has 130 valence electrons. The third-order valence-electron chi connectivity index (χ3n) is 4.44. The van der Waals surface area contributed by atoms with Gasteiger partial charge < -0.3 is 14.6 Å². The number of hydrogen-bond acceptors (Lipinski definition) is 3. The van der Waals surface area contributed by atoms with Gasteiger partial charge in [0.15, 0.2) is 0 Å². The lowest BCUT2D eigenvalue weighted by Gasteiger charge is -2.34. The van der Waals surface area contributed by atoms with Gasteiger partial charge in [-0.25, -0.2) is 0 Å². The van der Waals surface area contributed by atoms with Gasteiger partial charge in [0.1, 0.15) is 5.75 Å². The minimum atomic E-state index is -0.810. The Bertz CT molecular complexity index is 599. The summed E-state index contributed by atoms with van der Waals surface area (Å²) in [5.41, 5.74) is 1.50. The molecule has 2 aromatic rings. The third kappa shape index (κ3) is 5.36. The van der Waals surface area contributed by atoms with Gasteiger partial charge in [0.2, 0.25) is 0 Å². The van der Waals surface area contributed by atoms with Crippen LogP contribution in [0, 0.1) is 5.92 Å². The van der Waals surface area contributed by atoms with Gasteiger partial charge in [0.25, 0.3) is 0 Å². The van der Waals surface area contributed by atoms with Gasteiger partial charge >= 0.3 is 0 Å². The van der Waals surface area contributed by atoms with Crippen molar-refractivity contribution in [2.75, 3.05) is 7.11 Å². The van der Waals surface area contributed by atoms with E-state index in [2.05, 4.69) is 12.1 Å². The van der Waals surface area contributed by atoms with Crippen LogP contribution in [0.4, 0.5) is 0 Å². The molecule has 0 saturated carbocycles. The Hall–Kier alpha value is -1.84. The molecule has 0 aliphatic carbocycles. The topological polar surface area (TPSA) is 38.7 Å². The first-order valence-corrected chi connectivity index (χ1v) is 8.41. The molecule has 2 unspecified atom stereocenters. The zero-order valence-corrected chi connectivity index (χ0v) is 15.0. The molecule has 2 aromatic carbocycles. The molecule has 0 heterocycles. The first-order valence-electron chi connectivity index (χ1n) is 8.41. The lowest BCUT2D eigenvalue weighted by Crippen LogP contribution is -2.40. The minimum absolute atomic E-state index is 0.0122. The van der Waals surface area contributed by atoms with Crippen molar-refractivity contribution in [1.82, 2.24) is 0 Å². The fourth-order valence-corrected chi connectivity index (χ4v) is 2.92. The van der Waals surface area contributed by atoms with Crippen LogP contribution in [-0.2, 0) is 17.8 Å². The normalized spacial score (nSPS) is 14.2. The predicted molar refractivity (Wildman–Crippen MR) is 97.2 cm³/mol. The molecule has 3 nitrogen and oxygen atoms in total. The monoisotopic (exact) mass is 328 g/mol. The molecule has 0 aromatic heterocycles. The highest BCUT2D eigenvalue weighted by molar-refractivity contribution is 5.26. The van der Waals surface area contributed by atoms with Gasteiger partial charge in [-0.3, -0.25) is 0 Å². The van der Waals surface area contributed by atoms with Crippen molar-refractivity contribution in [3.05, 3.63) is 65.7 Å². The molecule has 3 heteroatoms. The van der Waals surface area contributed by atoms with Crippen molar-refractivity contribution in [1.29, 1.82) is 0 Å². The number of methoxy groups -OCH3 is 1. The standard InChI is InChI=1S/C21H28O3/c1-16(24-15-18-10-12-19(23-4)13-11-18)20(21(2,3)22)14-17-8-6-5-7-9-17/h5-13,16,20,22H,14-15H2,1-4H3. The molecule has 0 radical (unpaired) electrons. The van der Waals surface area contributed by atoms with E-state index in [4.69, 9.17) is 9.47 Å². The van der Waals surface area contributed by atoms with E-state index in [1.165, 1.54) is 5.56 Å². The number of benzene rings is 2. The Morgan fingerprint density at radius 2 is 1.58 bits per heavy atom. The maximum absolute atomic E-state index is 10.6. The molecule has 0 saturated heterocycles. The highest BCUT2D eigenvalue weighted by Crippen LogP contribution is 2.27. The Balaban J connectivity index is 2.00. The highest BCUT2D eigenvalue weighted by Gasteiger charge is 2.32. The summed E-state index contributed by atoms with van der Waals surface area (Å²) in [6, 6.07) is 18.1. The van der Waals surface area contributed by atoms with Crippen molar-refractivity contribution in [2.45, 2.75) is 45.5 Å². The van der Waals surface area contributed by atoms with Crippen LogP contribution < -0.4 is 4.74 Å². The van der Waals surface area contributed by atoms with Crippen molar-refractivity contribution < 1.29 is 14.6 Å². The molecule has 2 rings (SSSR count). The van der Waals surface area contributed by atoms with Crippen molar-refractivity contribution in [2.24, 2.45) is 5.92 Å². The maximum atomic E-state index is 10.6. The number of ether oxygens (including phenoxy) is 2. The van der Waals surface area contributed by atoms with Crippen LogP contribution in [0.5, 0.6) is 5.75 Å². The van der Waals surface area contributed by atoms with Gasteiger partial charge in [-0.05, 0) is 50.5 Å². The van der Waals surface area contributed by atoms with E-state index in [9.17, 15) is 5.11 Å². The fraction of sp³-hybridized carbons (Fsp3) is 0.429. The fourth-order valence-electron chi connectivity index (χ4n) is 2.92. The summed E-state index contributed by atoms with van der Waals surface area (Å²) in [4.78, 5) is 0. The predicted octanol–water partition coefficient (Wildman–Crippen LogP) is 4.23. The van der Waals surface area contributed by atoms with Crippen LogP contribution in [0.2, 0.25) is 0 Å². The smallest absolute Gasteiger partial charge is 0.118 e. The van der Waals surface area contributed by atoms with Crippen LogP contribution in [0.25, 0.3) is 0 Å². The van der Waals surface area contributed by atoms with Crippen molar-refractivity contribution >= 4 is 0 Å².